The summed E-state index contributed by atoms with van der Waals surface area (Å²) in [6.45, 7) is 0. The summed E-state index contributed by atoms with van der Waals surface area (Å²) in [5, 5.41) is 4.04. The molecule has 0 fully saturated rings. The zero-order chi connectivity index (χ0) is 21.0. The molecule has 0 aliphatic rings. The van der Waals surface area contributed by atoms with Crippen molar-refractivity contribution in [3.05, 3.63) is 134 Å². The lowest BCUT2D eigenvalue weighted by atomic mass is 9.65. The fourth-order valence-corrected chi connectivity index (χ4v) is 5.40. The maximum Gasteiger partial charge on any atom is 0.115 e. The van der Waals surface area contributed by atoms with E-state index < -0.39 is 5.41 Å². The predicted octanol–water partition coefficient (Wildman–Crippen LogP) is 8.83. The molecular formula is C25H17Br2ClN2. The molecule has 148 valence electrons. The van der Waals surface area contributed by atoms with Crippen molar-refractivity contribution in [3.8, 4) is 0 Å². The van der Waals surface area contributed by atoms with Gasteiger partial charge in [0.25, 0.3) is 0 Å². The fourth-order valence-electron chi connectivity index (χ4n) is 3.98. The molecule has 5 heteroatoms. The van der Waals surface area contributed by atoms with E-state index in [2.05, 4.69) is 127 Å². The number of benzene rings is 4. The van der Waals surface area contributed by atoms with Gasteiger partial charge in [0, 0.05) is 8.95 Å². The Labute approximate surface area is 198 Å². The fraction of sp³-hybridized carbons (Fsp3) is 0.0400. The summed E-state index contributed by atoms with van der Waals surface area (Å²) >= 11 is 12.8. The quantitative estimate of drug-likeness (QED) is 0.178. The minimum absolute atomic E-state index is 0.522. The van der Waals surface area contributed by atoms with Gasteiger partial charge in [-0.05, 0) is 66.2 Å². The highest BCUT2D eigenvalue weighted by molar-refractivity contribution is 9.11. The largest absolute Gasteiger partial charge is 0.136 e. The summed E-state index contributed by atoms with van der Waals surface area (Å²) in [7, 11) is 0. The van der Waals surface area contributed by atoms with E-state index in [0.29, 0.717) is 5.69 Å². The van der Waals surface area contributed by atoms with E-state index in [1.54, 1.807) is 0 Å². The number of hydrogen-bond donors (Lipinski definition) is 0. The van der Waals surface area contributed by atoms with Crippen LogP contribution in [0.25, 0.3) is 0 Å². The van der Waals surface area contributed by atoms with Crippen LogP contribution in [-0.4, -0.2) is 0 Å². The van der Waals surface area contributed by atoms with Crippen LogP contribution in [-0.2, 0) is 5.41 Å². The van der Waals surface area contributed by atoms with E-state index >= 15 is 0 Å². The Bertz CT molecular complexity index is 1040. The Morgan fingerprint density at radius 2 is 0.933 bits per heavy atom. The molecule has 0 atom stereocenters. The summed E-state index contributed by atoms with van der Waals surface area (Å²) < 4.78 is 5.05. The molecule has 0 aliphatic heterocycles. The molecule has 0 aromatic heterocycles. The summed E-state index contributed by atoms with van der Waals surface area (Å²) in [6.07, 6.45) is 0. The summed E-state index contributed by atoms with van der Waals surface area (Å²) in [6, 6.07) is 35.8. The molecule has 0 heterocycles. The number of nitrogens with zero attached hydrogens (tertiary/aromatic N) is 2. The average Bonchev–Trinajstić information content (AvgIpc) is 2.79. The molecule has 0 bridgehead atoms. The molecule has 4 aromatic rings. The molecule has 0 saturated heterocycles. The Morgan fingerprint density at radius 3 is 1.27 bits per heavy atom. The number of hydrogen-bond acceptors (Lipinski definition) is 2. The SMILES string of the molecule is ClN=Nc1c(Br)cc(C(c2ccccc2)(c2ccccc2)c2ccccc2)cc1Br. The van der Waals surface area contributed by atoms with E-state index in [4.69, 9.17) is 11.8 Å². The second-order valence-corrected chi connectivity index (χ2v) is 8.67. The topological polar surface area (TPSA) is 24.7 Å². The Kier molecular flexibility index (Phi) is 6.47. The first-order valence-corrected chi connectivity index (χ1v) is 11.3. The lowest BCUT2D eigenvalue weighted by molar-refractivity contribution is 0.744. The van der Waals surface area contributed by atoms with Gasteiger partial charge in [0.2, 0.25) is 0 Å². The molecule has 0 N–H and O–H groups in total. The van der Waals surface area contributed by atoms with Crippen molar-refractivity contribution in [2.75, 3.05) is 0 Å². The zero-order valence-corrected chi connectivity index (χ0v) is 19.8. The molecule has 4 rings (SSSR count). The highest BCUT2D eigenvalue weighted by Gasteiger charge is 2.38. The molecule has 4 aromatic carbocycles. The maximum atomic E-state index is 5.51. The van der Waals surface area contributed by atoms with Gasteiger partial charge in [-0.1, -0.05) is 95.6 Å². The van der Waals surface area contributed by atoms with Crippen molar-refractivity contribution in [1.29, 1.82) is 0 Å². The minimum Gasteiger partial charge on any atom is -0.136 e. The molecule has 2 nitrogen and oxygen atoms in total. The lowest BCUT2D eigenvalue weighted by Crippen LogP contribution is -2.31. The molecule has 0 aliphatic carbocycles. The van der Waals surface area contributed by atoms with E-state index in [9.17, 15) is 0 Å². The number of halogens is 3. The average molecular weight is 541 g/mol. The van der Waals surface area contributed by atoms with Gasteiger partial charge in [-0.25, -0.2) is 0 Å². The van der Waals surface area contributed by atoms with Gasteiger partial charge in [-0.2, -0.15) is 0 Å². The van der Waals surface area contributed by atoms with Crippen LogP contribution in [0.4, 0.5) is 5.69 Å². The van der Waals surface area contributed by atoms with E-state index in [-0.39, 0.29) is 0 Å². The van der Waals surface area contributed by atoms with Crippen molar-refractivity contribution >= 4 is 49.3 Å². The molecular weight excluding hydrogens is 524 g/mol. The van der Waals surface area contributed by atoms with Gasteiger partial charge < -0.3 is 0 Å². The first kappa shape index (κ1) is 21.0. The van der Waals surface area contributed by atoms with Crippen molar-refractivity contribution in [2.45, 2.75) is 5.41 Å². The molecule has 0 spiro atoms. The van der Waals surface area contributed by atoms with Crippen molar-refractivity contribution in [2.24, 2.45) is 9.75 Å². The third kappa shape index (κ3) is 3.76. The van der Waals surface area contributed by atoms with Crippen LogP contribution in [0.1, 0.15) is 22.3 Å². The van der Waals surface area contributed by atoms with Crippen molar-refractivity contribution in [1.82, 2.24) is 0 Å². The van der Waals surface area contributed by atoms with Gasteiger partial charge in [-0.15, -0.1) is 5.11 Å². The Hall–Kier alpha value is -2.27. The Morgan fingerprint density at radius 1 is 0.567 bits per heavy atom. The second kappa shape index (κ2) is 9.25. The van der Waals surface area contributed by atoms with Crippen LogP contribution in [0.2, 0.25) is 0 Å². The highest BCUT2D eigenvalue weighted by Crippen LogP contribution is 2.48. The standard InChI is InChI=1S/C25H17Br2ClN2/c26-22-16-21(17-23(27)24(22)29-30-28)25(18-10-4-1-5-11-18,19-12-6-2-7-13-19)20-14-8-3-9-15-20/h1-17H. The van der Waals surface area contributed by atoms with E-state index in [0.717, 1.165) is 14.5 Å². The third-order valence-corrected chi connectivity index (χ3v) is 6.49. The van der Waals surface area contributed by atoms with Crippen LogP contribution in [0, 0.1) is 0 Å². The summed E-state index contributed by atoms with van der Waals surface area (Å²) in [5.74, 6) is 0. The van der Waals surface area contributed by atoms with Crippen molar-refractivity contribution < 1.29 is 0 Å². The molecule has 30 heavy (non-hydrogen) atoms. The van der Waals surface area contributed by atoms with Crippen LogP contribution in [0.15, 0.2) is 122 Å². The van der Waals surface area contributed by atoms with Crippen LogP contribution in [0.3, 0.4) is 0 Å². The van der Waals surface area contributed by atoms with Crippen LogP contribution < -0.4 is 0 Å². The molecule has 0 saturated carbocycles. The zero-order valence-electron chi connectivity index (χ0n) is 15.8. The normalized spacial score (nSPS) is 11.7. The van der Waals surface area contributed by atoms with Gasteiger partial charge in [0.05, 0.1) is 17.2 Å². The molecule has 0 radical (unpaired) electrons. The minimum atomic E-state index is -0.522. The van der Waals surface area contributed by atoms with Gasteiger partial charge in [0.15, 0.2) is 0 Å². The Balaban J connectivity index is 2.14. The third-order valence-electron chi connectivity index (χ3n) is 5.21. The highest BCUT2D eigenvalue weighted by atomic mass is 79.9. The van der Waals surface area contributed by atoms with E-state index in [1.165, 1.54) is 16.7 Å². The van der Waals surface area contributed by atoms with Crippen LogP contribution >= 0.6 is 43.6 Å². The smallest absolute Gasteiger partial charge is 0.115 e. The molecule has 0 unspecified atom stereocenters. The number of rotatable bonds is 5. The van der Waals surface area contributed by atoms with E-state index in [1.807, 2.05) is 18.2 Å². The predicted molar refractivity (Wildman–Crippen MR) is 131 cm³/mol. The molecule has 0 amide bonds. The first-order valence-electron chi connectivity index (χ1n) is 9.36. The van der Waals surface area contributed by atoms with Crippen molar-refractivity contribution in [3.63, 3.8) is 0 Å². The van der Waals surface area contributed by atoms with Crippen LogP contribution in [0.5, 0.6) is 0 Å². The van der Waals surface area contributed by atoms with Gasteiger partial charge in [0.1, 0.15) is 5.69 Å². The van der Waals surface area contributed by atoms with Gasteiger partial charge in [-0.3, -0.25) is 0 Å². The van der Waals surface area contributed by atoms with Gasteiger partial charge >= 0.3 is 0 Å². The first-order chi connectivity index (χ1) is 14.7. The lowest BCUT2D eigenvalue weighted by Gasteiger charge is -2.37. The summed E-state index contributed by atoms with van der Waals surface area (Å²) in [4.78, 5) is 0. The summed E-state index contributed by atoms with van der Waals surface area (Å²) in [5.41, 5.74) is 4.75. The maximum absolute atomic E-state index is 5.51. The monoisotopic (exact) mass is 538 g/mol. The second-order valence-electron chi connectivity index (χ2n) is 6.81.